The van der Waals surface area contributed by atoms with Crippen LogP contribution in [0.1, 0.15) is 11.1 Å². The van der Waals surface area contributed by atoms with E-state index in [1.165, 1.54) is 0 Å². The van der Waals surface area contributed by atoms with Crippen molar-refractivity contribution in [3.8, 4) is 12.1 Å². The first-order valence-corrected chi connectivity index (χ1v) is 7.05. The Labute approximate surface area is 128 Å². The van der Waals surface area contributed by atoms with Gasteiger partial charge in [-0.15, -0.1) is 0 Å². The Bertz CT molecular complexity index is 600. The quantitative estimate of drug-likeness (QED) is 0.773. The standard InChI is InChI=1S/C15H8Br2N2/c16-13-5-1-11(2-6-13)15(9-18,10-19)12-3-7-14(17)8-4-12/h1-8H. The molecule has 0 aliphatic rings. The van der Waals surface area contributed by atoms with Crippen LogP contribution in [0.5, 0.6) is 0 Å². The maximum Gasteiger partial charge on any atom is 0.193 e. The summed E-state index contributed by atoms with van der Waals surface area (Å²) >= 11 is 6.70. The molecule has 0 aromatic heterocycles. The molecule has 0 saturated heterocycles. The van der Waals surface area contributed by atoms with Crippen LogP contribution in [0.15, 0.2) is 57.5 Å². The highest BCUT2D eigenvalue weighted by Crippen LogP contribution is 2.32. The summed E-state index contributed by atoms with van der Waals surface area (Å²) < 4.78 is 1.83. The molecule has 4 heteroatoms. The van der Waals surface area contributed by atoms with Gasteiger partial charge in [0, 0.05) is 8.95 Å². The Morgan fingerprint density at radius 2 is 1.00 bits per heavy atom. The van der Waals surface area contributed by atoms with E-state index in [0.29, 0.717) is 11.1 Å². The highest BCUT2D eigenvalue weighted by Gasteiger charge is 2.34. The maximum absolute atomic E-state index is 9.53. The zero-order valence-corrected chi connectivity index (χ0v) is 12.9. The lowest BCUT2D eigenvalue weighted by Gasteiger charge is -2.19. The van der Waals surface area contributed by atoms with Crippen LogP contribution < -0.4 is 0 Å². The van der Waals surface area contributed by atoms with E-state index in [1.807, 2.05) is 24.3 Å². The topological polar surface area (TPSA) is 47.6 Å². The number of hydrogen-bond donors (Lipinski definition) is 0. The normalized spacial score (nSPS) is 10.5. The van der Waals surface area contributed by atoms with Gasteiger partial charge in [-0.1, -0.05) is 56.1 Å². The first kappa shape index (κ1) is 13.8. The molecule has 0 aliphatic carbocycles. The first-order valence-electron chi connectivity index (χ1n) is 5.47. The predicted octanol–water partition coefficient (Wildman–Crippen LogP) is 4.54. The molecule has 2 nitrogen and oxygen atoms in total. The van der Waals surface area contributed by atoms with Crippen LogP contribution in [0.4, 0.5) is 0 Å². The van der Waals surface area contributed by atoms with Gasteiger partial charge >= 0.3 is 0 Å². The van der Waals surface area contributed by atoms with E-state index in [2.05, 4.69) is 44.0 Å². The summed E-state index contributed by atoms with van der Waals surface area (Å²) in [5, 5.41) is 19.1. The van der Waals surface area contributed by atoms with E-state index in [1.54, 1.807) is 24.3 Å². The second-order valence-electron chi connectivity index (χ2n) is 3.99. The molecule has 0 bridgehead atoms. The number of rotatable bonds is 2. The molecule has 0 amide bonds. The van der Waals surface area contributed by atoms with Crippen LogP contribution in [-0.2, 0) is 5.41 Å². The smallest absolute Gasteiger partial charge is 0.193 e. The fourth-order valence-corrected chi connectivity index (χ4v) is 2.38. The minimum atomic E-state index is -1.28. The van der Waals surface area contributed by atoms with Gasteiger partial charge in [0.05, 0.1) is 12.1 Å². The monoisotopic (exact) mass is 374 g/mol. The van der Waals surface area contributed by atoms with Gasteiger partial charge in [0.25, 0.3) is 0 Å². The summed E-state index contributed by atoms with van der Waals surface area (Å²) in [4.78, 5) is 0. The van der Waals surface area contributed by atoms with Crippen molar-refractivity contribution in [2.45, 2.75) is 5.41 Å². The van der Waals surface area contributed by atoms with Gasteiger partial charge in [-0.25, -0.2) is 0 Å². The van der Waals surface area contributed by atoms with Gasteiger partial charge in [0.15, 0.2) is 5.41 Å². The van der Waals surface area contributed by atoms with Crippen molar-refractivity contribution in [3.63, 3.8) is 0 Å². The van der Waals surface area contributed by atoms with Crippen LogP contribution in [0.25, 0.3) is 0 Å². The van der Waals surface area contributed by atoms with E-state index in [-0.39, 0.29) is 0 Å². The van der Waals surface area contributed by atoms with Crippen LogP contribution in [0.3, 0.4) is 0 Å². The van der Waals surface area contributed by atoms with Crippen molar-refractivity contribution < 1.29 is 0 Å². The third kappa shape index (κ3) is 2.56. The Kier molecular flexibility index (Phi) is 4.04. The Morgan fingerprint density at radius 3 is 1.26 bits per heavy atom. The van der Waals surface area contributed by atoms with E-state index in [0.717, 1.165) is 8.95 Å². The molecular weight excluding hydrogens is 368 g/mol. The molecule has 0 atom stereocenters. The van der Waals surface area contributed by atoms with Crippen molar-refractivity contribution in [1.82, 2.24) is 0 Å². The number of halogens is 2. The minimum Gasteiger partial charge on any atom is -0.196 e. The Hall–Kier alpha value is -1.62. The lowest BCUT2D eigenvalue weighted by atomic mass is 9.77. The molecule has 92 valence electrons. The molecule has 0 spiro atoms. The Balaban J connectivity index is 2.62. The highest BCUT2D eigenvalue weighted by molar-refractivity contribution is 9.10. The van der Waals surface area contributed by atoms with E-state index in [4.69, 9.17) is 0 Å². The van der Waals surface area contributed by atoms with E-state index in [9.17, 15) is 10.5 Å². The number of nitrogens with zero attached hydrogens (tertiary/aromatic N) is 2. The maximum atomic E-state index is 9.53. The second-order valence-corrected chi connectivity index (χ2v) is 5.82. The SMILES string of the molecule is N#CC(C#N)(c1ccc(Br)cc1)c1ccc(Br)cc1. The van der Waals surface area contributed by atoms with Gasteiger partial charge in [0.1, 0.15) is 0 Å². The minimum absolute atomic E-state index is 0.669. The summed E-state index contributed by atoms with van der Waals surface area (Å²) in [5.41, 5.74) is 0.0625. The average molecular weight is 376 g/mol. The van der Waals surface area contributed by atoms with Crippen LogP contribution in [0.2, 0.25) is 0 Å². The van der Waals surface area contributed by atoms with Gasteiger partial charge < -0.3 is 0 Å². The fourth-order valence-electron chi connectivity index (χ4n) is 1.85. The van der Waals surface area contributed by atoms with Crippen molar-refractivity contribution >= 4 is 31.9 Å². The molecule has 0 saturated carbocycles. The molecule has 0 aliphatic heterocycles. The number of benzene rings is 2. The molecule has 2 rings (SSSR count). The van der Waals surface area contributed by atoms with Crippen molar-refractivity contribution in [2.24, 2.45) is 0 Å². The molecule has 19 heavy (non-hydrogen) atoms. The Morgan fingerprint density at radius 1 is 0.684 bits per heavy atom. The summed E-state index contributed by atoms with van der Waals surface area (Å²) in [7, 11) is 0. The molecule has 2 aromatic carbocycles. The molecule has 0 radical (unpaired) electrons. The lowest BCUT2D eigenvalue weighted by Crippen LogP contribution is -2.23. The molecule has 0 heterocycles. The van der Waals surface area contributed by atoms with Gasteiger partial charge in [0.2, 0.25) is 0 Å². The molecule has 0 fully saturated rings. The van der Waals surface area contributed by atoms with Crippen molar-refractivity contribution in [2.75, 3.05) is 0 Å². The van der Waals surface area contributed by atoms with E-state index >= 15 is 0 Å². The third-order valence-corrected chi connectivity index (χ3v) is 3.95. The summed E-state index contributed by atoms with van der Waals surface area (Å²) in [6, 6.07) is 18.8. The first-order chi connectivity index (χ1) is 9.12. The number of hydrogen-bond acceptors (Lipinski definition) is 2. The van der Waals surface area contributed by atoms with Gasteiger partial charge in [-0.05, 0) is 35.4 Å². The van der Waals surface area contributed by atoms with Crippen LogP contribution in [-0.4, -0.2) is 0 Å². The van der Waals surface area contributed by atoms with Crippen LogP contribution >= 0.6 is 31.9 Å². The molecule has 0 unspecified atom stereocenters. The summed E-state index contributed by atoms with van der Waals surface area (Å²) in [5.74, 6) is 0. The highest BCUT2D eigenvalue weighted by atomic mass is 79.9. The largest absolute Gasteiger partial charge is 0.196 e. The predicted molar refractivity (Wildman–Crippen MR) is 80.3 cm³/mol. The number of nitriles is 2. The van der Waals surface area contributed by atoms with Crippen LogP contribution in [0, 0.1) is 22.7 Å². The van der Waals surface area contributed by atoms with E-state index < -0.39 is 5.41 Å². The lowest BCUT2D eigenvalue weighted by molar-refractivity contribution is 0.847. The van der Waals surface area contributed by atoms with Gasteiger partial charge in [-0.3, -0.25) is 0 Å². The third-order valence-electron chi connectivity index (χ3n) is 2.89. The summed E-state index contributed by atoms with van der Waals surface area (Å²) in [6.45, 7) is 0. The van der Waals surface area contributed by atoms with Crippen molar-refractivity contribution in [3.05, 3.63) is 68.6 Å². The zero-order valence-electron chi connectivity index (χ0n) is 9.77. The fraction of sp³-hybridized carbons (Fsp3) is 0.0667. The second kappa shape index (κ2) is 5.57. The van der Waals surface area contributed by atoms with Gasteiger partial charge in [-0.2, -0.15) is 10.5 Å². The molecular formula is C15H8Br2N2. The zero-order chi connectivity index (χ0) is 13.9. The average Bonchev–Trinajstić information content (AvgIpc) is 2.44. The molecule has 0 N–H and O–H groups in total. The van der Waals surface area contributed by atoms with Crippen molar-refractivity contribution in [1.29, 1.82) is 10.5 Å². The molecule has 2 aromatic rings. The summed E-state index contributed by atoms with van der Waals surface area (Å²) in [6.07, 6.45) is 0.